The van der Waals surface area contributed by atoms with Crippen LogP contribution in [-0.2, 0) is 11.3 Å². The summed E-state index contributed by atoms with van der Waals surface area (Å²) in [6.07, 6.45) is 0. The molecule has 0 saturated heterocycles. The summed E-state index contributed by atoms with van der Waals surface area (Å²) in [5, 5.41) is 16.4. The van der Waals surface area contributed by atoms with Crippen LogP contribution in [0.15, 0.2) is 84.2 Å². The van der Waals surface area contributed by atoms with Crippen LogP contribution in [0, 0.1) is 10.1 Å². The number of nitrogens with zero attached hydrogens (tertiary/aromatic N) is 2. The van der Waals surface area contributed by atoms with Crippen molar-refractivity contribution in [1.29, 1.82) is 0 Å². The predicted octanol–water partition coefficient (Wildman–Crippen LogP) is 5.08. The Morgan fingerprint density at radius 2 is 1.69 bits per heavy atom. The number of ether oxygens (including phenoxy) is 1. The fourth-order valence-electron chi connectivity index (χ4n) is 2.98. The molecular formula is C24H19N3O4S. The first-order valence-corrected chi connectivity index (χ1v) is 10.7. The highest BCUT2D eigenvalue weighted by Crippen LogP contribution is 2.28. The average Bonchev–Trinajstić information content (AvgIpc) is 3.33. The molecule has 0 fully saturated rings. The normalized spacial score (nSPS) is 10.5. The van der Waals surface area contributed by atoms with Crippen LogP contribution in [0.4, 0.5) is 5.69 Å². The molecule has 0 radical (unpaired) electrons. The van der Waals surface area contributed by atoms with E-state index in [2.05, 4.69) is 5.32 Å². The van der Waals surface area contributed by atoms with Crippen LogP contribution in [0.3, 0.4) is 0 Å². The Labute approximate surface area is 188 Å². The van der Waals surface area contributed by atoms with Gasteiger partial charge in [-0.05, 0) is 17.7 Å². The second-order valence-electron chi connectivity index (χ2n) is 6.92. The Kier molecular flexibility index (Phi) is 6.52. The van der Waals surface area contributed by atoms with E-state index in [0.29, 0.717) is 12.3 Å². The number of amides is 1. The summed E-state index contributed by atoms with van der Waals surface area (Å²) in [6.45, 7) is 0.202. The van der Waals surface area contributed by atoms with Gasteiger partial charge < -0.3 is 10.1 Å². The third-order valence-corrected chi connectivity index (χ3v) is 5.57. The third kappa shape index (κ3) is 5.35. The third-order valence-electron chi connectivity index (χ3n) is 4.68. The fraction of sp³-hybridized carbons (Fsp3) is 0.0833. The summed E-state index contributed by atoms with van der Waals surface area (Å²) in [5.74, 6) is 0.119. The molecule has 0 atom stereocenters. The van der Waals surface area contributed by atoms with Crippen molar-refractivity contribution in [3.63, 3.8) is 0 Å². The lowest BCUT2D eigenvalue weighted by molar-refractivity contribution is -0.384. The molecule has 0 spiro atoms. The zero-order chi connectivity index (χ0) is 22.3. The minimum Gasteiger partial charge on any atom is -0.484 e. The van der Waals surface area contributed by atoms with Gasteiger partial charge in [0.1, 0.15) is 10.8 Å². The molecule has 1 N–H and O–H groups in total. The van der Waals surface area contributed by atoms with Gasteiger partial charge in [-0.3, -0.25) is 14.9 Å². The second kappa shape index (κ2) is 9.84. The lowest BCUT2D eigenvalue weighted by Gasteiger charge is -2.08. The minimum absolute atomic E-state index is 0.0284. The number of aromatic nitrogens is 1. The van der Waals surface area contributed by atoms with E-state index in [0.717, 1.165) is 27.4 Å². The van der Waals surface area contributed by atoms with Gasteiger partial charge in [-0.15, -0.1) is 11.3 Å². The van der Waals surface area contributed by atoms with Crippen LogP contribution >= 0.6 is 11.3 Å². The lowest BCUT2D eigenvalue weighted by Crippen LogP contribution is -2.28. The van der Waals surface area contributed by atoms with Crippen molar-refractivity contribution in [2.24, 2.45) is 0 Å². The van der Waals surface area contributed by atoms with Crippen molar-refractivity contribution in [1.82, 2.24) is 10.3 Å². The zero-order valence-electron chi connectivity index (χ0n) is 16.9. The molecule has 1 aromatic heterocycles. The summed E-state index contributed by atoms with van der Waals surface area (Å²) in [4.78, 5) is 26.9. The predicted molar refractivity (Wildman–Crippen MR) is 123 cm³/mol. The SMILES string of the molecule is O=C(COc1ccc([N+](=O)[O-])cc1)NCc1ccc(-c2nc(-c3ccccc3)cs2)cc1. The standard InChI is InChI=1S/C24H19N3O4S/c28-23(15-31-21-12-10-20(11-13-21)27(29)30)25-14-17-6-8-19(9-7-17)24-26-22(16-32-24)18-4-2-1-3-5-18/h1-13,16H,14-15H2,(H,25,28). The molecule has 1 amide bonds. The molecule has 160 valence electrons. The van der Waals surface area contributed by atoms with Crippen LogP contribution in [0.1, 0.15) is 5.56 Å². The van der Waals surface area contributed by atoms with Gasteiger partial charge in [0.15, 0.2) is 6.61 Å². The molecule has 3 aromatic carbocycles. The number of carbonyl (C=O) groups excluding carboxylic acids is 1. The van der Waals surface area contributed by atoms with Crippen LogP contribution < -0.4 is 10.1 Å². The molecule has 0 aliphatic carbocycles. The fourth-order valence-corrected chi connectivity index (χ4v) is 3.81. The molecule has 0 saturated carbocycles. The van der Waals surface area contributed by atoms with Crippen molar-refractivity contribution in [3.05, 3.63) is 99.9 Å². The number of nitro benzene ring substituents is 1. The van der Waals surface area contributed by atoms with Gasteiger partial charge in [0, 0.05) is 35.2 Å². The first-order chi connectivity index (χ1) is 15.6. The molecule has 32 heavy (non-hydrogen) atoms. The quantitative estimate of drug-likeness (QED) is 0.301. The molecule has 0 bridgehead atoms. The number of hydrogen-bond acceptors (Lipinski definition) is 6. The van der Waals surface area contributed by atoms with Crippen molar-refractivity contribution >= 4 is 22.9 Å². The van der Waals surface area contributed by atoms with Crippen molar-refractivity contribution < 1.29 is 14.5 Å². The van der Waals surface area contributed by atoms with Gasteiger partial charge >= 0.3 is 0 Å². The first-order valence-electron chi connectivity index (χ1n) is 9.83. The first kappa shape index (κ1) is 21.2. The molecule has 7 nitrogen and oxygen atoms in total. The van der Waals surface area contributed by atoms with Crippen LogP contribution in [0.5, 0.6) is 5.75 Å². The van der Waals surface area contributed by atoms with E-state index < -0.39 is 4.92 Å². The van der Waals surface area contributed by atoms with Crippen LogP contribution in [0.25, 0.3) is 21.8 Å². The molecule has 0 aliphatic heterocycles. The maximum absolute atomic E-state index is 12.0. The summed E-state index contributed by atoms with van der Waals surface area (Å²) in [5.41, 5.74) is 3.99. The second-order valence-corrected chi connectivity index (χ2v) is 7.78. The van der Waals surface area contributed by atoms with E-state index >= 15 is 0 Å². The van der Waals surface area contributed by atoms with E-state index in [4.69, 9.17) is 9.72 Å². The summed E-state index contributed by atoms with van der Waals surface area (Å²) in [6, 6.07) is 23.5. The van der Waals surface area contributed by atoms with Crippen molar-refractivity contribution in [3.8, 4) is 27.6 Å². The molecule has 8 heteroatoms. The molecule has 1 heterocycles. The number of thiazole rings is 1. The maximum Gasteiger partial charge on any atom is 0.269 e. The maximum atomic E-state index is 12.0. The Hall–Kier alpha value is -4.04. The van der Waals surface area contributed by atoms with E-state index in [1.165, 1.54) is 24.3 Å². The van der Waals surface area contributed by atoms with Crippen LogP contribution in [-0.4, -0.2) is 22.4 Å². The van der Waals surface area contributed by atoms with E-state index in [1.807, 2.05) is 60.0 Å². The van der Waals surface area contributed by atoms with Gasteiger partial charge in [0.2, 0.25) is 0 Å². The summed E-state index contributed by atoms with van der Waals surface area (Å²) in [7, 11) is 0. The Morgan fingerprint density at radius 3 is 2.38 bits per heavy atom. The van der Waals surface area contributed by atoms with Crippen LogP contribution in [0.2, 0.25) is 0 Å². The Balaban J connectivity index is 1.28. The highest BCUT2D eigenvalue weighted by Gasteiger charge is 2.08. The summed E-state index contributed by atoms with van der Waals surface area (Å²) < 4.78 is 5.37. The smallest absolute Gasteiger partial charge is 0.269 e. The highest BCUT2D eigenvalue weighted by atomic mass is 32.1. The van der Waals surface area contributed by atoms with Crippen molar-refractivity contribution in [2.45, 2.75) is 6.54 Å². The van der Waals surface area contributed by atoms with E-state index in [9.17, 15) is 14.9 Å². The molecular weight excluding hydrogens is 426 g/mol. The molecule has 0 aliphatic rings. The zero-order valence-corrected chi connectivity index (χ0v) is 17.7. The monoisotopic (exact) mass is 445 g/mol. The molecule has 0 unspecified atom stereocenters. The van der Waals surface area contributed by atoms with Gasteiger partial charge in [-0.25, -0.2) is 4.98 Å². The number of non-ortho nitro benzene ring substituents is 1. The number of nitro groups is 1. The molecule has 4 rings (SSSR count). The van der Waals surface area contributed by atoms with Gasteiger partial charge in [0.05, 0.1) is 10.6 Å². The van der Waals surface area contributed by atoms with Crippen molar-refractivity contribution in [2.75, 3.05) is 6.61 Å². The largest absolute Gasteiger partial charge is 0.484 e. The van der Waals surface area contributed by atoms with Gasteiger partial charge in [-0.2, -0.15) is 0 Å². The topological polar surface area (TPSA) is 94.4 Å². The van der Waals surface area contributed by atoms with E-state index in [1.54, 1.807) is 11.3 Å². The average molecular weight is 446 g/mol. The Bertz CT molecular complexity index is 1210. The van der Waals surface area contributed by atoms with E-state index in [-0.39, 0.29) is 18.2 Å². The Morgan fingerprint density at radius 1 is 0.969 bits per heavy atom. The minimum atomic E-state index is -0.488. The lowest BCUT2D eigenvalue weighted by atomic mass is 10.1. The number of nitrogens with one attached hydrogen (secondary N) is 1. The van der Waals surface area contributed by atoms with Gasteiger partial charge in [0.25, 0.3) is 11.6 Å². The van der Waals surface area contributed by atoms with Gasteiger partial charge in [-0.1, -0.05) is 54.6 Å². The number of benzene rings is 3. The highest BCUT2D eigenvalue weighted by molar-refractivity contribution is 7.13. The molecule has 4 aromatic rings. The number of carbonyl (C=O) groups is 1. The summed E-state index contributed by atoms with van der Waals surface area (Å²) >= 11 is 1.59. The number of rotatable bonds is 8. The number of hydrogen-bond donors (Lipinski definition) is 1.